The van der Waals surface area contributed by atoms with Gasteiger partial charge in [0.2, 0.25) is 5.91 Å². The Kier molecular flexibility index (Phi) is 6.18. The second kappa shape index (κ2) is 9.01. The number of nitrogens with zero attached hydrogens (tertiary/aromatic N) is 1. The summed E-state index contributed by atoms with van der Waals surface area (Å²) in [4.78, 5) is 37.5. The van der Waals surface area contributed by atoms with Gasteiger partial charge in [-0.2, -0.15) is 0 Å². The lowest BCUT2D eigenvalue weighted by atomic mass is 9.98. The zero-order valence-corrected chi connectivity index (χ0v) is 17.9. The molecule has 1 saturated heterocycles. The smallest absolute Gasteiger partial charge is 0.407 e. The molecule has 7 nitrogen and oxygen atoms in total. The number of carbonyl (C=O) groups excluding carboxylic acids is 2. The van der Waals surface area contributed by atoms with Crippen LogP contribution in [0, 0.1) is 5.92 Å². The van der Waals surface area contributed by atoms with Crippen LogP contribution in [0.1, 0.15) is 24.0 Å². The fourth-order valence-corrected chi connectivity index (χ4v) is 5.28. The monoisotopic (exact) mass is 440 g/mol. The fourth-order valence-electron chi connectivity index (χ4n) is 4.12. The van der Waals surface area contributed by atoms with Gasteiger partial charge in [0.25, 0.3) is 0 Å². The number of aliphatic carboxylic acids is 1. The normalized spacial score (nSPS) is 18.2. The summed E-state index contributed by atoms with van der Waals surface area (Å²) in [6, 6.07) is 15.4. The number of amides is 2. The molecular formula is C23H24N2O5S. The van der Waals surface area contributed by atoms with E-state index in [9.17, 15) is 19.5 Å². The summed E-state index contributed by atoms with van der Waals surface area (Å²) in [6.45, 7) is 1.96. The molecule has 1 unspecified atom stereocenters. The summed E-state index contributed by atoms with van der Waals surface area (Å²) in [5.41, 5.74) is 4.57. The predicted molar refractivity (Wildman–Crippen MR) is 118 cm³/mol. The minimum absolute atomic E-state index is 0.0323. The molecule has 0 radical (unpaired) electrons. The van der Waals surface area contributed by atoms with E-state index in [0.29, 0.717) is 11.6 Å². The van der Waals surface area contributed by atoms with Crippen molar-refractivity contribution in [1.29, 1.82) is 0 Å². The highest BCUT2D eigenvalue weighted by Crippen LogP contribution is 2.44. The standard InChI is InChI=1S/C23H24N2O5S/c1-14(21(26)25-13-31-12-20(25)22(27)28)10-24-23(29)30-11-19-17-8-4-2-6-15(17)16-7-3-5-9-18(16)19/h2-9,14,19-20H,10-13H2,1H3,(H,24,29)(H,27,28)/t14?,20-/m0/s1. The van der Waals surface area contributed by atoms with E-state index >= 15 is 0 Å². The molecule has 2 aromatic carbocycles. The van der Waals surface area contributed by atoms with Crippen LogP contribution in [-0.4, -0.2) is 58.8 Å². The van der Waals surface area contributed by atoms with Gasteiger partial charge in [-0.1, -0.05) is 55.5 Å². The van der Waals surface area contributed by atoms with Crippen LogP contribution in [0.25, 0.3) is 11.1 Å². The third-order valence-electron chi connectivity index (χ3n) is 5.77. The molecule has 0 bridgehead atoms. The number of thioether (sulfide) groups is 1. The summed E-state index contributed by atoms with van der Waals surface area (Å²) >= 11 is 1.41. The van der Waals surface area contributed by atoms with Gasteiger partial charge in [-0.05, 0) is 22.3 Å². The molecule has 1 aliphatic carbocycles. The van der Waals surface area contributed by atoms with E-state index in [1.807, 2.05) is 24.3 Å². The third-order valence-corrected chi connectivity index (χ3v) is 6.78. The Labute approximate surface area is 184 Å². The van der Waals surface area contributed by atoms with Gasteiger partial charge in [0.05, 0.1) is 11.8 Å². The molecular weight excluding hydrogens is 416 g/mol. The maximum atomic E-state index is 12.6. The van der Waals surface area contributed by atoms with Crippen molar-refractivity contribution in [3.8, 4) is 11.1 Å². The Morgan fingerprint density at radius 3 is 2.35 bits per heavy atom. The molecule has 1 heterocycles. The van der Waals surface area contributed by atoms with Gasteiger partial charge in [-0.3, -0.25) is 4.79 Å². The Bertz CT molecular complexity index is 965. The average molecular weight is 441 g/mol. The van der Waals surface area contributed by atoms with Crippen molar-refractivity contribution in [2.24, 2.45) is 5.92 Å². The van der Waals surface area contributed by atoms with Crippen molar-refractivity contribution in [1.82, 2.24) is 10.2 Å². The second-order valence-electron chi connectivity index (χ2n) is 7.77. The van der Waals surface area contributed by atoms with Crippen LogP contribution in [0.3, 0.4) is 0 Å². The number of carboxylic acid groups (broad SMARTS) is 1. The largest absolute Gasteiger partial charge is 0.480 e. The molecule has 2 aromatic rings. The van der Waals surface area contributed by atoms with Gasteiger partial charge >= 0.3 is 12.1 Å². The van der Waals surface area contributed by atoms with Crippen molar-refractivity contribution < 1.29 is 24.2 Å². The summed E-state index contributed by atoms with van der Waals surface area (Å²) in [5.74, 6) is -1.12. The first-order valence-electron chi connectivity index (χ1n) is 10.2. The summed E-state index contributed by atoms with van der Waals surface area (Å²) < 4.78 is 5.48. The van der Waals surface area contributed by atoms with Crippen LogP contribution in [0.15, 0.2) is 48.5 Å². The molecule has 0 saturated carbocycles. The van der Waals surface area contributed by atoms with E-state index < -0.39 is 24.0 Å². The van der Waals surface area contributed by atoms with Gasteiger partial charge in [0.15, 0.2) is 0 Å². The number of benzene rings is 2. The highest BCUT2D eigenvalue weighted by Gasteiger charge is 2.36. The van der Waals surface area contributed by atoms with Gasteiger partial charge in [0.1, 0.15) is 12.6 Å². The molecule has 1 fully saturated rings. The molecule has 4 rings (SSSR count). The minimum atomic E-state index is -1.00. The molecule has 2 atom stereocenters. The Morgan fingerprint density at radius 1 is 1.13 bits per heavy atom. The van der Waals surface area contributed by atoms with Gasteiger partial charge in [-0.25, -0.2) is 9.59 Å². The summed E-state index contributed by atoms with van der Waals surface area (Å²) in [5, 5.41) is 11.9. The quantitative estimate of drug-likeness (QED) is 0.717. The average Bonchev–Trinajstić information content (AvgIpc) is 3.39. The highest BCUT2D eigenvalue weighted by atomic mass is 32.2. The van der Waals surface area contributed by atoms with Crippen LogP contribution >= 0.6 is 11.8 Å². The SMILES string of the molecule is CC(CNC(=O)OCC1c2ccccc2-c2ccccc21)C(=O)N1CSC[C@H]1C(=O)O. The van der Waals surface area contributed by atoms with E-state index in [0.717, 1.165) is 22.3 Å². The Balaban J connectivity index is 1.32. The van der Waals surface area contributed by atoms with E-state index in [2.05, 4.69) is 29.6 Å². The summed E-state index contributed by atoms with van der Waals surface area (Å²) in [6.07, 6.45) is -0.591. The zero-order valence-electron chi connectivity index (χ0n) is 17.1. The molecule has 1 aliphatic heterocycles. The number of carboxylic acids is 1. The lowest BCUT2D eigenvalue weighted by Crippen LogP contribution is -2.46. The highest BCUT2D eigenvalue weighted by molar-refractivity contribution is 7.99. The first kappa shape index (κ1) is 21.2. The summed E-state index contributed by atoms with van der Waals surface area (Å²) in [7, 11) is 0. The zero-order chi connectivity index (χ0) is 22.0. The van der Waals surface area contributed by atoms with Crippen molar-refractivity contribution in [2.45, 2.75) is 18.9 Å². The molecule has 0 spiro atoms. The van der Waals surface area contributed by atoms with Crippen molar-refractivity contribution in [2.75, 3.05) is 24.8 Å². The molecule has 31 heavy (non-hydrogen) atoms. The van der Waals surface area contributed by atoms with Crippen LogP contribution < -0.4 is 5.32 Å². The van der Waals surface area contributed by atoms with Gasteiger partial charge in [-0.15, -0.1) is 11.8 Å². The molecule has 162 valence electrons. The van der Waals surface area contributed by atoms with Gasteiger partial charge < -0.3 is 20.1 Å². The number of hydrogen-bond donors (Lipinski definition) is 2. The van der Waals surface area contributed by atoms with Crippen LogP contribution in [0.4, 0.5) is 4.79 Å². The first-order valence-corrected chi connectivity index (χ1v) is 11.3. The lowest BCUT2D eigenvalue weighted by molar-refractivity contribution is -0.149. The van der Waals surface area contributed by atoms with Crippen molar-refractivity contribution >= 4 is 29.7 Å². The Morgan fingerprint density at radius 2 is 1.74 bits per heavy atom. The minimum Gasteiger partial charge on any atom is -0.480 e. The maximum Gasteiger partial charge on any atom is 0.407 e. The van der Waals surface area contributed by atoms with Crippen LogP contribution in [0.5, 0.6) is 0 Å². The van der Waals surface area contributed by atoms with E-state index in [1.165, 1.54) is 16.7 Å². The van der Waals surface area contributed by atoms with Crippen molar-refractivity contribution in [3.05, 3.63) is 59.7 Å². The van der Waals surface area contributed by atoms with Crippen LogP contribution in [0.2, 0.25) is 0 Å². The number of fused-ring (bicyclic) bond motifs is 3. The maximum absolute atomic E-state index is 12.6. The first-order chi connectivity index (χ1) is 15.0. The number of ether oxygens (including phenoxy) is 1. The molecule has 8 heteroatoms. The molecule has 0 aromatic heterocycles. The number of carbonyl (C=O) groups is 3. The van der Waals surface area contributed by atoms with Crippen LogP contribution in [-0.2, 0) is 14.3 Å². The number of hydrogen-bond acceptors (Lipinski definition) is 5. The van der Waals surface area contributed by atoms with E-state index in [4.69, 9.17) is 4.74 Å². The van der Waals surface area contributed by atoms with Gasteiger partial charge in [0, 0.05) is 18.2 Å². The van der Waals surface area contributed by atoms with E-state index in [1.54, 1.807) is 6.92 Å². The topological polar surface area (TPSA) is 95.9 Å². The molecule has 2 N–H and O–H groups in total. The number of nitrogens with one attached hydrogen (secondary N) is 1. The molecule has 2 amide bonds. The number of rotatable bonds is 6. The lowest BCUT2D eigenvalue weighted by Gasteiger charge is -2.24. The fraction of sp³-hybridized carbons (Fsp3) is 0.348. The van der Waals surface area contributed by atoms with Crippen molar-refractivity contribution in [3.63, 3.8) is 0 Å². The number of alkyl carbamates (subject to hydrolysis) is 1. The Hall–Kier alpha value is -3.00. The predicted octanol–water partition coefficient (Wildman–Crippen LogP) is 3.15. The second-order valence-corrected chi connectivity index (χ2v) is 8.77. The van der Waals surface area contributed by atoms with E-state index in [-0.39, 0.29) is 25.0 Å². The molecule has 2 aliphatic rings. The third kappa shape index (κ3) is 4.25.